The summed E-state index contributed by atoms with van der Waals surface area (Å²) in [5, 5.41) is 54.5. The van der Waals surface area contributed by atoms with E-state index in [1.165, 1.54) is 5.57 Å². The van der Waals surface area contributed by atoms with E-state index in [0.29, 0.717) is 18.3 Å². The summed E-state index contributed by atoms with van der Waals surface area (Å²) >= 11 is 0. The molecule has 0 radical (unpaired) electrons. The molecule has 0 aromatic heterocycles. The summed E-state index contributed by atoms with van der Waals surface area (Å²) in [5.74, 6) is 0.0710. The Hall–Kier alpha value is -0.950. The first kappa shape index (κ1) is 26.6. The molecule has 5 aliphatic carbocycles. The average molecular weight is 505 g/mol. The Balaban J connectivity index is 1.65. The predicted molar refractivity (Wildman–Crippen MR) is 137 cm³/mol. The maximum Gasteiger partial charge on any atom is 0.310 e. The van der Waals surface area contributed by atoms with Crippen molar-refractivity contribution in [1.29, 1.82) is 0 Å². The van der Waals surface area contributed by atoms with Gasteiger partial charge in [0.1, 0.15) is 6.10 Å². The molecular weight excluding hydrogens is 456 g/mol. The number of aliphatic carboxylic acids is 1. The highest BCUT2D eigenvalue weighted by atomic mass is 16.4. The molecule has 5 aliphatic rings. The van der Waals surface area contributed by atoms with Crippen molar-refractivity contribution in [2.75, 3.05) is 6.61 Å². The molecule has 13 atom stereocenters. The molecule has 0 saturated heterocycles. The van der Waals surface area contributed by atoms with Gasteiger partial charge in [0.2, 0.25) is 0 Å². The lowest BCUT2D eigenvalue weighted by Crippen LogP contribution is -2.73. The fourth-order valence-corrected chi connectivity index (χ4v) is 10.9. The number of hydrogen-bond acceptors (Lipinski definition) is 5. The molecule has 4 saturated carbocycles. The topological polar surface area (TPSA) is 118 Å². The Labute approximate surface area is 216 Å². The molecule has 0 heterocycles. The van der Waals surface area contributed by atoms with Gasteiger partial charge in [-0.25, -0.2) is 0 Å². The van der Waals surface area contributed by atoms with Crippen LogP contribution in [0, 0.1) is 56.7 Å². The number of hydrogen-bond donors (Lipinski definition) is 5. The minimum absolute atomic E-state index is 0.0206. The first-order valence-corrected chi connectivity index (χ1v) is 14.3. The van der Waals surface area contributed by atoms with Crippen LogP contribution in [0.15, 0.2) is 11.6 Å². The second kappa shape index (κ2) is 8.03. The maximum absolute atomic E-state index is 12.8. The zero-order chi connectivity index (χ0) is 26.6. The van der Waals surface area contributed by atoms with E-state index in [0.717, 1.165) is 38.5 Å². The van der Waals surface area contributed by atoms with Crippen molar-refractivity contribution in [1.82, 2.24) is 0 Å². The largest absolute Gasteiger partial charge is 0.481 e. The van der Waals surface area contributed by atoms with Crippen molar-refractivity contribution in [3.8, 4) is 0 Å². The number of allylic oxidation sites excluding steroid dienone is 2. The van der Waals surface area contributed by atoms with Crippen LogP contribution >= 0.6 is 0 Å². The normalized spacial score (nSPS) is 58.6. The molecule has 6 nitrogen and oxygen atoms in total. The summed E-state index contributed by atoms with van der Waals surface area (Å²) < 4.78 is 0. The van der Waals surface area contributed by atoms with Gasteiger partial charge in [0.25, 0.3) is 0 Å². The van der Waals surface area contributed by atoms with E-state index in [1.54, 1.807) is 0 Å². The van der Waals surface area contributed by atoms with E-state index >= 15 is 0 Å². The summed E-state index contributed by atoms with van der Waals surface area (Å²) in [5.41, 5.74) is -1.32. The number of rotatable bonds is 2. The maximum atomic E-state index is 12.8. The zero-order valence-electron chi connectivity index (χ0n) is 23.0. The number of aliphatic hydroxyl groups is 4. The fraction of sp³-hybridized carbons (Fsp3) is 0.900. The van der Waals surface area contributed by atoms with E-state index in [1.807, 2.05) is 6.92 Å². The van der Waals surface area contributed by atoms with Gasteiger partial charge in [-0.3, -0.25) is 4.79 Å². The summed E-state index contributed by atoms with van der Waals surface area (Å²) in [6.07, 6.45) is 4.32. The monoisotopic (exact) mass is 504 g/mol. The molecule has 0 aromatic rings. The van der Waals surface area contributed by atoms with E-state index in [9.17, 15) is 30.3 Å². The first-order valence-electron chi connectivity index (χ1n) is 14.3. The highest BCUT2D eigenvalue weighted by molar-refractivity contribution is 5.76. The Bertz CT molecular complexity index is 963. The van der Waals surface area contributed by atoms with Crippen molar-refractivity contribution in [2.24, 2.45) is 56.7 Å². The van der Waals surface area contributed by atoms with Gasteiger partial charge in [0.15, 0.2) is 0 Å². The van der Waals surface area contributed by atoms with Gasteiger partial charge in [-0.05, 0) is 85.4 Å². The molecule has 0 aromatic carbocycles. The van der Waals surface area contributed by atoms with Crippen molar-refractivity contribution in [3.63, 3.8) is 0 Å². The summed E-state index contributed by atoms with van der Waals surface area (Å²) in [4.78, 5) is 12.8. The second-order valence-corrected chi connectivity index (χ2v) is 14.5. The van der Waals surface area contributed by atoms with Crippen LogP contribution in [0.2, 0.25) is 0 Å². The van der Waals surface area contributed by atoms with Gasteiger partial charge in [-0.2, -0.15) is 0 Å². The molecule has 4 fully saturated rings. The van der Waals surface area contributed by atoms with E-state index in [4.69, 9.17) is 0 Å². The Morgan fingerprint density at radius 3 is 2.22 bits per heavy atom. The highest BCUT2D eigenvalue weighted by Gasteiger charge is 2.72. The van der Waals surface area contributed by atoms with Crippen molar-refractivity contribution >= 4 is 5.97 Å². The lowest BCUT2D eigenvalue weighted by atomic mass is 9.32. The number of carbonyl (C=O) groups is 1. The van der Waals surface area contributed by atoms with Crippen LogP contribution in [0.5, 0.6) is 0 Å². The fourth-order valence-electron chi connectivity index (χ4n) is 10.9. The second-order valence-electron chi connectivity index (χ2n) is 14.5. The predicted octanol–water partition coefficient (Wildman–Crippen LogP) is 4.00. The van der Waals surface area contributed by atoms with Gasteiger partial charge >= 0.3 is 5.97 Å². The minimum Gasteiger partial charge on any atom is -0.481 e. The number of carboxylic acids is 1. The molecular formula is C30H48O6. The molecule has 5 rings (SSSR count). The van der Waals surface area contributed by atoms with Crippen LogP contribution in [0.4, 0.5) is 0 Å². The molecule has 5 N–H and O–H groups in total. The molecule has 204 valence electrons. The zero-order valence-corrected chi connectivity index (χ0v) is 23.0. The van der Waals surface area contributed by atoms with Gasteiger partial charge in [-0.15, -0.1) is 0 Å². The molecule has 0 amide bonds. The number of fused-ring (bicyclic) bond motifs is 7. The van der Waals surface area contributed by atoms with Crippen LogP contribution in [0.1, 0.15) is 86.5 Å². The van der Waals surface area contributed by atoms with Gasteiger partial charge in [0.05, 0.1) is 24.2 Å². The van der Waals surface area contributed by atoms with Gasteiger partial charge in [0, 0.05) is 10.8 Å². The van der Waals surface area contributed by atoms with Crippen molar-refractivity contribution in [3.05, 3.63) is 11.6 Å². The lowest BCUT2D eigenvalue weighted by molar-refractivity contribution is -0.287. The third-order valence-corrected chi connectivity index (χ3v) is 13.7. The molecule has 0 bridgehead atoms. The van der Waals surface area contributed by atoms with Crippen molar-refractivity contribution in [2.45, 2.75) is 105 Å². The smallest absolute Gasteiger partial charge is 0.310 e. The minimum atomic E-state index is -1.31. The van der Waals surface area contributed by atoms with E-state index in [-0.39, 0.29) is 35.2 Å². The third kappa shape index (κ3) is 2.85. The Kier molecular flexibility index (Phi) is 5.95. The molecule has 36 heavy (non-hydrogen) atoms. The first-order chi connectivity index (χ1) is 16.7. The SMILES string of the molecule is C[C@@H]1CC[C@]2(C(=O)O)CC[C@]3(C)C(=CCC4[C@]5(C)C(CC[C@]43C)[C@@](C)(CO)[C@H](O)[C@H](O)[C@H]5O)C2[C@H]1C. The average Bonchev–Trinajstić information content (AvgIpc) is 2.84. The Morgan fingerprint density at radius 2 is 1.61 bits per heavy atom. The van der Waals surface area contributed by atoms with Gasteiger partial charge < -0.3 is 25.5 Å². The van der Waals surface area contributed by atoms with Crippen LogP contribution in [-0.4, -0.2) is 56.4 Å². The number of carboxylic acid groups (broad SMARTS) is 1. The van der Waals surface area contributed by atoms with E-state index in [2.05, 4.69) is 40.7 Å². The van der Waals surface area contributed by atoms with Crippen LogP contribution in [0.25, 0.3) is 0 Å². The van der Waals surface area contributed by atoms with Crippen LogP contribution in [-0.2, 0) is 4.79 Å². The van der Waals surface area contributed by atoms with Crippen molar-refractivity contribution < 1.29 is 30.3 Å². The standard InChI is InChI=1S/C30H48O6/c1-16-9-12-30(25(35)36)14-13-27(4)18(21(30)17(16)2)7-8-20-28(27,5)11-10-19-26(3,15-31)23(33)22(32)24(34)29(19,20)6/h7,16-17,19-24,31-34H,8-15H2,1-6H3,(H,35,36)/t16-,17+,19?,20?,21?,22+,23-,24-,26-,27-,28-,29+,30+/m1/s1. The van der Waals surface area contributed by atoms with Crippen LogP contribution in [0.3, 0.4) is 0 Å². The highest BCUT2D eigenvalue weighted by Crippen LogP contribution is 2.75. The molecule has 0 spiro atoms. The third-order valence-electron chi connectivity index (χ3n) is 13.7. The lowest BCUT2D eigenvalue weighted by Gasteiger charge is -2.72. The molecule has 3 unspecified atom stereocenters. The summed E-state index contributed by atoms with van der Waals surface area (Å²) in [7, 11) is 0. The van der Waals surface area contributed by atoms with Gasteiger partial charge in [-0.1, -0.05) is 53.2 Å². The summed E-state index contributed by atoms with van der Waals surface area (Å²) in [6.45, 7) is 12.9. The quantitative estimate of drug-likeness (QED) is 0.363. The number of aliphatic hydroxyl groups excluding tert-OH is 4. The Morgan fingerprint density at radius 1 is 0.944 bits per heavy atom. The van der Waals surface area contributed by atoms with Crippen LogP contribution < -0.4 is 0 Å². The molecule has 6 heteroatoms. The summed E-state index contributed by atoms with van der Waals surface area (Å²) in [6, 6.07) is 0. The molecule has 0 aliphatic heterocycles. The van der Waals surface area contributed by atoms with E-state index < -0.39 is 40.5 Å².